The van der Waals surface area contributed by atoms with Gasteiger partial charge in [0.25, 0.3) is 0 Å². The molecular weight excluding hydrogens is 303 g/mol. The molecule has 0 radical (unpaired) electrons. The first-order chi connectivity index (χ1) is 9.79. The van der Waals surface area contributed by atoms with E-state index < -0.39 is 11.7 Å². The highest BCUT2D eigenvalue weighted by molar-refractivity contribution is 6.17. The highest BCUT2D eigenvalue weighted by Crippen LogP contribution is 2.36. The van der Waals surface area contributed by atoms with Crippen LogP contribution < -0.4 is 4.90 Å². The number of alkyl halides is 4. The number of hydrogen-bond acceptors (Lipinski definition) is 2. The first-order valence-electron chi connectivity index (χ1n) is 6.85. The van der Waals surface area contributed by atoms with Gasteiger partial charge in [-0.1, -0.05) is 6.07 Å². The van der Waals surface area contributed by atoms with E-state index in [1.54, 1.807) is 13.2 Å². The molecule has 1 aromatic carbocycles. The zero-order chi connectivity index (χ0) is 15.7. The molecule has 0 amide bonds. The predicted octanol–water partition coefficient (Wildman–Crippen LogP) is 4.45. The van der Waals surface area contributed by atoms with Crippen LogP contribution in [0.15, 0.2) is 18.2 Å². The summed E-state index contributed by atoms with van der Waals surface area (Å²) >= 11 is 5.61. The van der Waals surface area contributed by atoms with E-state index in [9.17, 15) is 13.2 Å². The Bertz CT molecular complexity index is 506. The monoisotopic (exact) mass is 321 g/mol. The maximum Gasteiger partial charge on any atom is 0.416 e. The Morgan fingerprint density at radius 1 is 1.38 bits per heavy atom. The Morgan fingerprint density at radius 3 is 2.67 bits per heavy atom. The number of rotatable bonds is 3. The van der Waals surface area contributed by atoms with Crippen LogP contribution in [0.3, 0.4) is 0 Å². The molecule has 2 nitrogen and oxygen atoms in total. The normalized spacial score (nSPS) is 23.4. The quantitative estimate of drug-likeness (QED) is 0.763. The van der Waals surface area contributed by atoms with E-state index in [-0.39, 0.29) is 17.0 Å². The van der Waals surface area contributed by atoms with E-state index >= 15 is 0 Å². The zero-order valence-corrected chi connectivity index (χ0v) is 12.9. The molecule has 0 aromatic heterocycles. The van der Waals surface area contributed by atoms with Gasteiger partial charge < -0.3 is 9.64 Å². The number of anilines is 1. The van der Waals surface area contributed by atoms with Crippen molar-refractivity contribution in [2.75, 3.05) is 25.1 Å². The minimum atomic E-state index is -4.39. The Kier molecular flexibility index (Phi) is 4.73. The molecule has 1 atom stereocenters. The zero-order valence-electron chi connectivity index (χ0n) is 12.1. The van der Waals surface area contributed by atoms with Crippen LogP contribution in [0.1, 0.15) is 30.9 Å². The van der Waals surface area contributed by atoms with Crippen LogP contribution in [0.2, 0.25) is 0 Å². The molecule has 118 valence electrons. The fraction of sp³-hybridized carbons (Fsp3) is 0.600. The number of halogens is 4. The first-order valence-corrected chi connectivity index (χ1v) is 7.39. The van der Waals surface area contributed by atoms with Gasteiger partial charge in [-0.25, -0.2) is 0 Å². The van der Waals surface area contributed by atoms with Gasteiger partial charge >= 0.3 is 6.18 Å². The largest absolute Gasteiger partial charge is 0.416 e. The lowest BCUT2D eigenvalue weighted by Crippen LogP contribution is -2.47. The molecule has 1 saturated heterocycles. The van der Waals surface area contributed by atoms with Crippen molar-refractivity contribution >= 4 is 17.3 Å². The molecule has 21 heavy (non-hydrogen) atoms. The average Bonchev–Trinajstić information content (AvgIpc) is 2.46. The second-order valence-electron chi connectivity index (χ2n) is 5.65. The Balaban J connectivity index is 2.32. The average molecular weight is 322 g/mol. The Morgan fingerprint density at radius 2 is 2.10 bits per heavy atom. The summed E-state index contributed by atoms with van der Waals surface area (Å²) in [5.74, 6) is -0.148. The summed E-state index contributed by atoms with van der Waals surface area (Å²) in [4.78, 5) is 1.94. The van der Waals surface area contributed by atoms with Crippen molar-refractivity contribution in [3.05, 3.63) is 29.3 Å². The van der Waals surface area contributed by atoms with Gasteiger partial charge in [0.2, 0.25) is 0 Å². The molecule has 1 aromatic rings. The van der Waals surface area contributed by atoms with Crippen LogP contribution in [0.4, 0.5) is 18.9 Å². The standard InChI is InChI=1S/C15H19ClF3NO/c1-14(21-2)6-3-7-20(10-14)12-5-4-11(9-16)13(8-12)15(17,18)19/h4-5,8H,3,6-7,9-10H2,1-2H3. The third-order valence-electron chi connectivity index (χ3n) is 4.06. The molecule has 0 N–H and O–H groups in total. The number of methoxy groups -OCH3 is 1. The van der Waals surface area contributed by atoms with Crippen LogP contribution in [0.5, 0.6) is 0 Å². The molecular formula is C15H19ClF3NO. The molecule has 1 unspecified atom stereocenters. The molecule has 0 saturated carbocycles. The SMILES string of the molecule is COC1(C)CCCN(c2ccc(CCl)c(C(F)(F)F)c2)C1. The molecule has 6 heteroatoms. The summed E-state index contributed by atoms with van der Waals surface area (Å²) in [5.41, 5.74) is -0.291. The number of ether oxygens (including phenoxy) is 1. The number of nitrogens with zero attached hydrogens (tertiary/aromatic N) is 1. The molecule has 0 aliphatic carbocycles. The van der Waals surface area contributed by atoms with E-state index in [0.29, 0.717) is 12.2 Å². The van der Waals surface area contributed by atoms with E-state index in [0.717, 1.165) is 19.4 Å². The lowest BCUT2D eigenvalue weighted by molar-refractivity contribution is -0.138. The van der Waals surface area contributed by atoms with E-state index in [4.69, 9.17) is 16.3 Å². The minimum absolute atomic E-state index is 0.111. The van der Waals surface area contributed by atoms with Crippen LogP contribution in [0.25, 0.3) is 0 Å². The fourth-order valence-electron chi connectivity index (χ4n) is 2.73. The van der Waals surface area contributed by atoms with Crippen LogP contribution in [-0.4, -0.2) is 25.8 Å². The van der Waals surface area contributed by atoms with Gasteiger partial charge in [-0.15, -0.1) is 11.6 Å². The smallest absolute Gasteiger partial charge is 0.377 e. The molecule has 0 bridgehead atoms. The highest BCUT2D eigenvalue weighted by atomic mass is 35.5. The molecule has 1 aliphatic heterocycles. The topological polar surface area (TPSA) is 12.5 Å². The molecule has 1 heterocycles. The van der Waals surface area contributed by atoms with Gasteiger partial charge in [0.1, 0.15) is 0 Å². The van der Waals surface area contributed by atoms with Gasteiger partial charge in [-0.2, -0.15) is 13.2 Å². The van der Waals surface area contributed by atoms with Gasteiger partial charge in [0.15, 0.2) is 0 Å². The lowest BCUT2D eigenvalue weighted by atomic mass is 9.94. The van der Waals surface area contributed by atoms with Crippen molar-refractivity contribution in [2.24, 2.45) is 0 Å². The third kappa shape index (κ3) is 3.64. The maximum absolute atomic E-state index is 13.1. The van der Waals surface area contributed by atoms with Gasteiger partial charge in [-0.05, 0) is 37.5 Å². The summed E-state index contributed by atoms with van der Waals surface area (Å²) in [6, 6.07) is 4.36. The Hall–Kier alpha value is -0.940. The lowest BCUT2D eigenvalue weighted by Gasteiger charge is -2.41. The van der Waals surface area contributed by atoms with Crippen LogP contribution in [-0.2, 0) is 16.8 Å². The first kappa shape index (κ1) is 16.4. The third-order valence-corrected chi connectivity index (χ3v) is 4.35. The maximum atomic E-state index is 13.1. The van der Waals surface area contributed by atoms with Gasteiger partial charge in [-0.3, -0.25) is 0 Å². The summed E-state index contributed by atoms with van der Waals surface area (Å²) in [6.45, 7) is 3.30. The van der Waals surface area contributed by atoms with Crippen molar-refractivity contribution in [2.45, 2.75) is 37.4 Å². The van der Waals surface area contributed by atoms with Crippen molar-refractivity contribution in [3.8, 4) is 0 Å². The van der Waals surface area contributed by atoms with E-state index in [1.807, 2.05) is 11.8 Å². The number of hydrogen-bond donors (Lipinski definition) is 0. The van der Waals surface area contributed by atoms with Crippen molar-refractivity contribution < 1.29 is 17.9 Å². The molecule has 0 spiro atoms. The van der Waals surface area contributed by atoms with Crippen molar-refractivity contribution in [1.29, 1.82) is 0 Å². The van der Waals surface area contributed by atoms with Gasteiger partial charge in [0, 0.05) is 31.8 Å². The summed E-state index contributed by atoms with van der Waals surface area (Å²) in [7, 11) is 1.64. The summed E-state index contributed by atoms with van der Waals surface area (Å²) < 4.78 is 44.8. The fourth-order valence-corrected chi connectivity index (χ4v) is 2.97. The second-order valence-corrected chi connectivity index (χ2v) is 5.92. The van der Waals surface area contributed by atoms with Crippen molar-refractivity contribution in [1.82, 2.24) is 0 Å². The number of piperidine rings is 1. The van der Waals surface area contributed by atoms with E-state index in [1.165, 1.54) is 12.1 Å². The van der Waals surface area contributed by atoms with Gasteiger partial charge in [0.05, 0.1) is 11.2 Å². The Labute approximate surface area is 127 Å². The van der Waals surface area contributed by atoms with E-state index in [2.05, 4.69) is 0 Å². The summed E-state index contributed by atoms with van der Waals surface area (Å²) in [5, 5.41) is 0. The van der Waals surface area contributed by atoms with Crippen LogP contribution in [0, 0.1) is 0 Å². The van der Waals surface area contributed by atoms with Crippen molar-refractivity contribution in [3.63, 3.8) is 0 Å². The molecule has 2 rings (SSSR count). The summed E-state index contributed by atoms with van der Waals surface area (Å²) in [6.07, 6.45) is -2.59. The number of benzene rings is 1. The molecule has 1 fully saturated rings. The van der Waals surface area contributed by atoms with Crippen LogP contribution >= 0.6 is 11.6 Å². The minimum Gasteiger partial charge on any atom is -0.377 e. The highest BCUT2D eigenvalue weighted by Gasteiger charge is 2.35. The molecule has 1 aliphatic rings. The second kappa shape index (κ2) is 6.05. The predicted molar refractivity (Wildman–Crippen MR) is 77.9 cm³/mol.